The predicted molar refractivity (Wildman–Crippen MR) is 111 cm³/mol. The summed E-state index contributed by atoms with van der Waals surface area (Å²) in [7, 11) is 1.65. The zero-order valence-electron chi connectivity index (χ0n) is 16.1. The van der Waals surface area contributed by atoms with Gasteiger partial charge in [0.25, 0.3) is 5.91 Å². The number of amides is 1. The van der Waals surface area contributed by atoms with Crippen molar-refractivity contribution >= 4 is 17.4 Å². The molecule has 144 valence electrons. The molecule has 28 heavy (non-hydrogen) atoms. The summed E-state index contributed by atoms with van der Waals surface area (Å²) in [5.41, 5.74) is 3.44. The number of anilines is 2. The molecule has 0 bridgehead atoms. The van der Waals surface area contributed by atoms with Crippen LogP contribution in [0.1, 0.15) is 28.5 Å². The van der Waals surface area contributed by atoms with Gasteiger partial charge < -0.3 is 15.4 Å². The second-order valence-electron chi connectivity index (χ2n) is 6.33. The number of aryl methyl sites for hydroxylation is 1. The Hall–Kier alpha value is -3.41. The van der Waals surface area contributed by atoms with Crippen LogP contribution in [0.2, 0.25) is 0 Å². The van der Waals surface area contributed by atoms with Crippen molar-refractivity contribution in [2.24, 2.45) is 0 Å². The van der Waals surface area contributed by atoms with Crippen LogP contribution in [-0.2, 0) is 12.8 Å². The van der Waals surface area contributed by atoms with Gasteiger partial charge in [-0.25, -0.2) is 0 Å². The van der Waals surface area contributed by atoms with E-state index in [2.05, 4.69) is 27.8 Å². The SMILES string of the molecule is CCc1ccc(NC(=O)c2ccc(NCCc3ccc(OC)cc3)nn2)cc1. The number of benzene rings is 2. The Labute approximate surface area is 165 Å². The molecule has 1 amide bonds. The molecule has 0 spiro atoms. The molecule has 1 aromatic heterocycles. The summed E-state index contributed by atoms with van der Waals surface area (Å²) in [6.45, 7) is 2.81. The van der Waals surface area contributed by atoms with Gasteiger partial charge in [0.05, 0.1) is 7.11 Å². The molecule has 0 unspecified atom stereocenters. The summed E-state index contributed by atoms with van der Waals surface area (Å²) in [6.07, 6.45) is 1.81. The van der Waals surface area contributed by atoms with E-state index in [9.17, 15) is 4.79 Å². The highest BCUT2D eigenvalue weighted by Gasteiger charge is 2.08. The first-order valence-corrected chi connectivity index (χ1v) is 9.28. The van der Waals surface area contributed by atoms with Crippen molar-refractivity contribution in [2.45, 2.75) is 19.8 Å². The average molecular weight is 376 g/mol. The molecule has 3 aromatic rings. The van der Waals surface area contributed by atoms with Gasteiger partial charge >= 0.3 is 0 Å². The smallest absolute Gasteiger partial charge is 0.276 e. The number of methoxy groups -OCH3 is 1. The van der Waals surface area contributed by atoms with Gasteiger partial charge in [0, 0.05) is 12.2 Å². The number of nitrogens with zero attached hydrogens (tertiary/aromatic N) is 2. The van der Waals surface area contributed by atoms with Crippen molar-refractivity contribution in [3.05, 3.63) is 77.5 Å². The van der Waals surface area contributed by atoms with E-state index in [1.807, 2.05) is 48.5 Å². The molecule has 6 nitrogen and oxygen atoms in total. The molecular weight excluding hydrogens is 352 g/mol. The fourth-order valence-corrected chi connectivity index (χ4v) is 2.69. The lowest BCUT2D eigenvalue weighted by Gasteiger charge is -2.07. The van der Waals surface area contributed by atoms with Crippen LogP contribution in [0, 0.1) is 0 Å². The molecule has 0 aliphatic heterocycles. The van der Waals surface area contributed by atoms with Gasteiger partial charge in [-0.05, 0) is 60.4 Å². The molecule has 0 saturated heterocycles. The van der Waals surface area contributed by atoms with Crippen LogP contribution in [0.5, 0.6) is 5.75 Å². The second kappa shape index (κ2) is 9.50. The number of aromatic nitrogens is 2. The number of ether oxygens (including phenoxy) is 1. The quantitative estimate of drug-likeness (QED) is 0.622. The lowest BCUT2D eigenvalue weighted by molar-refractivity contribution is 0.102. The summed E-state index contributed by atoms with van der Waals surface area (Å²) in [5, 5.41) is 14.1. The van der Waals surface area contributed by atoms with Crippen molar-refractivity contribution in [3.63, 3.8) is 0 Å². The molecule has 0 saturated carbocycles. The van der Waals surface area contributed by atoms with E-state index >= 15 is 0 Å². The van der Waals surface area contributed by atoms with Gasteiger partial charge in [-0.3, -0.25) is 4.79 Å². The van der Waals surface area contributed by atoms with E-state index < -0.39 is 0 Å². The fraction of sp³-hybridized carbons (Fsp3) is 0.227. The minimum absolute atomic E-state index is 0.276. The monoisotopic (exact) mass is 376 g/mol. The average Bonchev–Trinajstić information content (AvgIpc) is 2.75. The number of hydrogen-bond acceptors (Lipinski definition) is 5. The topological polar surface area (TPSA) is 76.1 Å². The highest BCUT2D eigenvalue weighted by molar-refractivity contribution is 6.02. The molecule has 2 N–H and O–H groups in total. The minimum Gasteiger partial charge on any atom is -0.497 e. The lowest BCUT2D eigenvalue weighted by atomic mass is 10.1. The molecule has 6 heteroatoms. The molecule has 1 heterocycles. The molecule has 0 aliphatic rings. The molecule has 3 rings (SSSR count). The molecular formula is C22H24N4O2. The maximum Gasteiger partial charge on any atom is 0.276 e. The second-order valence-corrected chi connectivity index (χ2v) is 6.33. The van der Waals surface area contributed by atoms with Crippen LogP contribution in [-0.4, -0.2) is 29.8 Å². The third kappa shape index (κ3) is 5.30. The van der Waals surface area contributed by atoms with Gasteiger partial charge in [-0.1, -0.05) is 31.2 Å². The van der Waals surface area contributed by atoms with Gasteiger partial charge in [0.2, 0.25) is 0 Å². The van der Waals surface area contributed by atoms with Crippen molar-refractivity contribution in [1.82, 2.24) is 10.2 Å². The first-order chi connectivity index (χ1) is 13.7. The summed E-state index contributed by atoms with van der Waals surface area (Å²) in [4.78, 5) is 12.3. The Balaban J connectivity index is 1.49. The van der Waals surface area contributed by atoms with Crippen molar-refractivity contribution in [3.8, 4) is 5.75 Å². The fourth-order valence-electron chi connectivity index (χ4n) is 2.69. The number of rotatable bonds is 8. The Morgan fingerprint density at radius 3 is 2.25 bits per heavy atom. The normalized spacial score (nSPS) is 10.4. The van der Waals surface area contributed by atoms with E-state index in [0.717, 1.165) is 30.8 Å². The van der Waals surface area contributed by atoms with Crippen molar-refractivity contribution < 1.29 is 9.53 Å². The summed E-state index contributed by atoms with van der Waals surface area (Å²) in [5.74, 6) is 1.21. The van der Waals surface area contributed by atoms with E-state index in [4.69, 9.17) is 4.74 Å². The first kappa shape index (κ1) is 19.4. The van der Waals surface area contributed by atoms with Crippen LogP contribution < -0.4 is 15.4 Å². The van der Waals surface area contributed by atoms with Crippen molar-refractivity contribution in [1.29, 1.82) is 0 Å². The maximum atomic E-state index is 12.3. The summed E-state index contributed by atoms with van der Waals surface area (Å²) < 4.78 is 5.15. The van der Waals surface area contributed by atoms with E-state index in [1.165, 1.54) is 11.1 Å². The molecule has 0 fully saturated rings. The number of nitrogens with one attached hydrogen (secondary N) is 2. The minimum atomic E-state index is -0.276. The molecule has 0 aliphatic carbocycles. The molecule has 2 aromatic carbocycles. The number of carbonyl (C=O) groups is 1. The van der Waals surface area contributed by atoms with E-state index in [-0.39, 0.29) is 11.6 Å². The third-order valence-corrected chi connectivity index (χ3v) is 4.40. The van der Waals surface area contributed by atoms with Gasteiger partial charge in [-0.15, -0.1) is 10.2 Å². The maximum absolute atomic E-state index is 12.3. The Morgan fingerprint density at radius 2 is 1.64 bits per heavy atom. The van der Waals surface area contributed by atoms with Crippen LogP contribution in [0.25, 0.3) is 0 Å². The van der Waals surface area contributed by atoms with Crippen LogP contribution >= 0.6 is 0 Å². The lowest BCUT2D eigenvalue weighted by Crippen LogP contribution is -2.15. The number of hydrogen-bond donors (Lipinski definition) is 2. The van der Waals surface area contributed by atoms with Crippen LogP contribution in [0.3, 0.4) is 0 Å². The van der Waals surface area contributed by atoms with Gasteiger partial charge in [0.15, 0.2) is 5.69 Å². The summed E-state index contributed by atoms with van der Waals surface area (Å²) in [6, 6.07) is 19.2. The van der Waals surface area contributed by atoms with E-state index in [1.54, 1.807) is 19.2 Å². The Morgan fingerprint density at radius 1 is 0.929 bits per heavy atom. The molecule has 0 radical (unpaired) electrons. The third-order valence-electron chi connectivity index (χ3n) is 4.40. The first-order valence-electron chi connectivity index (χ1n) is 9.28. The van der Waals surface area contributed by atoms with Gasteiger partial charge in [0.1, 0.15) is 11.6 Å². The Bertz CT molecular complexity index is 891. The summed E-state index contributed by atoms with van der Waals surface area (Å²) >= 11 is 0. The van der Waals surface area contributed by atoms with Crippen molar-refractivity contribution in [2.75, 3.05) is 24.3 Å². The standard InChI is InChI=1S/C22H24N4O2/c1-3-16-4-8-18(9-5-16)24-22(27)20-12-13-21(26-25-20)23-15-14-17-6-10-19(28-2)11-7-17/h4-13H,3,14-15H2,1-2H3,(H,23,26)(H,24,27). The molecule has 0 atom stereocenters. The zero-order valence-corrected chi connectivity index (χ0v) is 16.1. The van der Waals surface area contributed by atoms with E-state index in [0.29, 0.717) is 5.82 Å². The predicted octanol–water partition coefficient (Wildman–Crippen LogP) is 3.95. The van der Waals surface area contributed by atoms with Crippen LogP contribution in [0.15, 0.2) is 60.7 Å². The highest BCUT2D eigenvalue weighted by Crippen LogP contribution is 2.13. The number of carbonyl (C=O) groups excluding carboxylic acids is 1. The zero-order chi connectivity index (χ0) is 19.8. The van der Waals surface area contributed by atoms with Crippen LogP contribution in [0.4, 0.5) is 11.5 Å². The highest BCUT2D eigenvalue weighted by atomic mass is 16.5. The van der Waals surface area contributed by atoms with Gasteiger partial charge in [-0.2, -0.15) is 0 Å². The Kier molecular flexibility index (Phi) is 6.57. The largest absolute Gasteiger partial charge is 0.497 e.